The molecule has 142 valence electrons. The minimum Gasteiger partial charge on any atom is -0.350 e. The second-order valence-corrected chi connectivity index (χ2v) is 9.52. The van der Waals surface area contributed by atoms with Gasteiger partial charge in [-0.05, 0) is 36.6 Å². The van der Waals surface area contributed by atoms with Crippen LogP contribution >= 0.6 is 23.1 Å². The summed E-state index contributed by atoms with van der Waals surface area (Å²) in [7, 11) is -3.73. The van der Waals surface area contributed by atoms with Gasteiger partial charge >= 0.3 is 0 Å². The maximum Gasteiger partial charge on any atom is 0.296 e. The van der Waals surface area contributed by atoms with Crippen molar-refractivity contribution in [1.29, 1.82) is 0 Å². The maximum atomic E-state index is 12.8. The number of anilines is 1. The summed E-state index contributed by atoms with van der Waals surface area (Å²) in [6.07, 6.45) is 1.85. The normalized spacial score (nSPS) is 11.6. The van der Waals surface area contributed by atoms with Gasteiger partial charge < -0.3 is 4.52 Å². The third-order valence-electron chi connectivity index (χ3n) is 3.82. The summed E-state index contributed by atoms with van der Waals surface area (Å²) in [5.74, 6) is -0.679. The van der Waals surface area contributed by atoms with Crippen molar-refractivity contribution in [3.63, 3.8) is 0 Å². The zero-order chi connectivity index (χ0) is 19.7. The fraction of sp³-hybridized carbons (Fsp3) is 0.0588. The molecule has 1 N–H and O–H groups in total. The molecule has 4 aromatic rings. The van der Waals surface area contributed by atoms with Gasteiger partial charge in [0, 0.05) is 0 Å². The fourth-order valence-electron chi connectivity index (χ4n) is 2.48. The lowest BCUT2D eigenvalue weighted by Gasteiger charge is -2.04. The van der Waals surface area contributed by atoms with E-state index in [0.29, 0.717) is 20.4 Å². The number of hydrogen-bond acceptors (Lipinski definition) is 9. The number of sulfone groups is 1. The van der Waals surface area contributed by atoms with E-state index in [-0.39, 0.29) is 15.6 Å². The van der Waals surface area contributed by atoms with Gasteiger partial charge in [-0.2, -0.15) is 0 Å². The van der Waals surface area contributed by atoms with Gasteiger partial charge in [-0.1, -0.05) is 46.5 Å². The molecule has 0 unspecified atom stereocenters. The van der Waals surface area contributed by atoms with E-state index >= 15 is 0 Å². The van der Waals surface area contributed by atoms with Gasteiger partial charge in [0.2, 0.25) is 20.7 Å². The first-order chi connectivity index (χ1) is 13.5. The van der Waals surface area contributed by atoms with E-state index in [2.05, 4.69) is 20.7 Å². The number of nitrogens with one attached hydrogen (secondary N) is 1. The number of hydrogen-bond donors (Lipinski definition) is 1. The molecule has 0 aliphatic rings. The van der Waals surface area contributed by atoms with Crippen LogP contribution in [0.3, 0.4) is 0 Å². The first-order valence-corrected chi connectivity index (χ1v) is 11.4. The molecule has 28 heavy (non-hydrogen) atoms. The average Bonchev–Trinajstić information content (AvgIpc) is 3.34. The van der Waals surface area contributed by atoms with Crippen molar-refractivity contribution in [1.82, 2.24) is 15.4 Å². The minimum atomic E-state index is -3.73. The van der Waals surface area contributed by atoms with Gasteiger partial charge in [-0.3, -0.25) is 10.1 Å². The number of carbonyl (C=O) groups is 1. The Hall–Kier alpha value is -2.76. The molecule has 2 aromatic heterocycles. The maximum absolute atomic E-state index is 12.8. The van der Waals surface area contributed by atoms with Crippen LogP contribution in [0.1, 0.15) is 10.6 Å². The first-order valence-electron chi connectivity index (χ1n) is 7.87. The molecular formula is C17H12N4O4S3. The van der Waals surface area contributed by atoms with Gasteiger partial charge in [0.15, 0.2) is 4.34 Å². The van der Waals surface area contributed by atoms with E-state index in [9.17, 15) is 13.2 Å². The van der Waals surface area contributed by atoms with Crippen LogP contribution in [0, 0.1) is 0 Å². The van der Waals surface area contributed by atoms with Crippen LogP contribution in [-0.2, 0) is 9.84 Å². The number of rotatable bonds is 5. The van der Waals surface area contributed by atoms with Crippen molar-refractivity contribution < 1.29 is 17.7 Å². The molecule has 0 bridgehead atoms. The van der Waals surface area contributed by atoms with Crippen LogP contribution < -0.4 is 5.32 Å². The molecule has 4 rings (SSSR count). The van der Waals surface area contributed by atoms with Crippen molar-refractivity contribution >= 4 is 54.9 Å². The van der Waals surface area contributed by atoms with Crippen molar-refractivity contribution in [2.24, 2.45) is 0 Å². The minimum absolute atomic E-state index is 0.0454. The van der Waals surface area contributed by atoms with E-state index in [0.717, 1.165) is 0 Å². The highest BCUT2D eigenvalue weighted by molar-refractivity contribution is 8.00. The van der Waals surface area contributed by atoms with Gasteiger partial charge in [0.25, 0.3) is 5.91 Å². The summed E-state index contributed by atoms with van der Waals surface area (Å²) in [4.78, 5) is 12.8. The van der Waals surface area contributed by atoms with Crippen LogP contribution in [0.4, 0.5) is 5.13 Å². The second kappa shape index (κ2) is 7.34. The van der Waals surface area contributed by atoms with E-state index in [1.807, 2.05) is 6.26 Å². The highest BCUT2D eigenvalue weighted by atomic mass is 32.2. The predicted octanol–water partition coefficient (Wildman–Crippen LogP) is 3.49. The van der Waals surface area contributed by atoms with Gasteiger partial charge in [-0.15, -0.1) is 10.2 Å². The Balaban J connectivity index is 1.71. The van der Waals surface area contributed by atoms with Crippen LogP contribution in [0.5, 0.6) is 0 Å². The van der Waals surface area contributed by atoms with Gasteiger partial charge in [0.05, 0.1) is 15.2 Å². The number of fused-ring (bicyclic) bond motifs is 1. The zero-order valence-electron chi connectivity index (χ0n) is 14.3. The van der Waals surface area contributed by atoms with Gasteiger partial charge in [-0.25, -0.2) is 8.42 Å². The summed E-state index contributed by atoms with van der Waals surface area (Å²) in [6, 6.07) is 12.4. The Kier molecular flexibility index (Phi) is 4.87. The SMILES string of the molecule is CSc1nnc(NC(=O)c2onc3ccc(S(=O)(=O)c4ccccc4)cc23)s1. The van der Waals surface area contributed by atoms with Crippen molar-refractivity contribution in [3.8, 4) is 0 Å². The Bertz CT molecular complexity index is 1270. The fourth-order valence-corrected chi connectivity index (χ4v) is 4.96. The van der Waals surface area contributed by atoms with Crippen molar-refractivity contribution in [3.05, 3.63) is 54.3 Å². The Morgan fingerprint density at radius 1 is 1.11 bits per heavy atom. The van der Waals surface area contributed by atoms with E-state index < -0.39 is 15.7 Å². The topological polar surface area (TPSA) is 115 Å². The molecule has 0 aliphatic carbocycles. The number of nitrogens with zero attached hydrogens (tertiary/aromatic N) is 3. The van der Waals surface area contributed by atoms with Crippen LogP contribution in [0.2, 0.25) is 0 Å². The summed E-state index contributed by atoms with van der Waals surface area (Å²) in [5.41, 5.74) is 0.374. The van der Waals surface area contributed by atoms with E-state index in [1.165, 1.54) is 53.4 Å². The summed E-state index contributed by atoms with van der Waals surface area (Å²) in [6.45, 7) is 0. The molecule has 0 saturated carbocycles. The molecule has 8 nitrogen and oxygen atoms in total. The molecule has 0 aliphatic heterocycles. The highest BCUT2D eigenvalue weighted by Gasteiger charge is 2.23. The molecule has 2 heterocycles. The molecule has 0 spiro atoms. The van der Waals surface area contributed by atoms with Gasteiger partial charge in [0.1, 0.15) is 5.52 Å². The summed E-state index contributed by atoms with van der Waals surface area (Å²) in [5, 5.41) is 14.8. The van der Waals surface area contributed by atoms with Crippen molar-refractivity contribution in [2.75, 3.05) is 11.6 Å². The second-order valence-electron chi connectivity index (χ2n) is 5.54. The van der Waals surface area contributed by atoms with E-state index in [1.54, 1.807) is 18.2 Å². The summed E-state index contributed by atoms with van der Waals surface area (Å²) < 4.78 is 31.5. The highest BCUT2D eigenvalue weighted by Crippen LogP contribution is 2.28. The molecule has 0 saturated heterocycles. The summed E-state index contributed by atoms with van der Waals surface area (Å²) >= 11 is 2.63. The average molecular weight is 433 g/mol. The molecule has 11 heteroatoms. The Morgan fingerprint density at radius 2 is 1.89 bits per heavy atom. The quantitative estimate of drug-likeness (QED) is 0.376. The van der Waals surface area contributed by atoms with E-state index in [4.69, 9.17) is 4.52 Å². The standard InChI is InChI=1S/C17H12N4O4S3/c1-26-17-20-19-16(27-17)18-15(22)14-12-9-11(7-8-13(12)21-25-14)28(23,24)10-5-3-2-4-6-10/h2-9H,1H3,(H,18,19,22). The molecule has 1 amide bonds. The monoisotopic (exact) mass is 432 g/mol. The van der Waals surface area contributed by atoms with Crippen molar-refractivity contribution in [2.45, 2.75) is 14.1 Å². The smallest absolute Gasteiger partial charge is 0.296 e. The van der Waals surface area contributed by atoms with Crippen LogP contribution in [0.15, 0.2) is 67.2 Å². The molecule has 0 atom stereocenters. The lowest BCUT2D eigenvalue weighted by Crippen LogP contribution is -2.11. The number of benzene rings is 2. The molecule has 0 radical (unpaired) electrons. The third kappa shape index (κ3) is 3.39. The zero-order valence-corrected chi connectivity index (χ0v) is 16.8. The number of amides is 1. The molecular weight excluding hydrogens is 420 g/mol. The largest absolute Gasteiger partial charge is 0.350 e. The molecule has 2 aromatic carbocycles. The number of carbonyl (C=O) groups excluding carboxylic acids is 1. The number of thioether (sulfide) groups is 1. The third-order valence-corrected chi connectivity index (χ3v) is 7.40. The lowest BCUT2D eigenvalue weighted by molar-refractivity contribution is 0.0990. The Labute approximate surface area is 167 Å². The lowest BCUT2D eigenvalue weighted by atomic mass is 10.2. The van der Waals surface area contributed by atoms with Crippen LogP contribution in [-0.4, -0.2) is 35.9 Å². The van der Waals surface area contributed by atoms with Crippen LogP contribution in [0.25, 0.3) is 10.9 Å². The molecule has 0 fully saturated rings. The first kappa shape index (κ1) is 18.6. The Morgan fingerprint density at radius 3 is 2.61 bits per heavy atom. The predicted molar refractivity (Wildman–Crippen MR) is 106 cm³/mol. The number of aromatic nitrogens is 3.